The van der Waals surface area contributed by atoms with E-state index in [1.807, 2.05) is 0 Å². The van der Waals surface area contributed by atoms with Gasteiger partial charge in [0.05, 0.1) is 20.6 Å². The average Bonchev–Trinajstić information content (AvgIpc) is 2.95. The molecule has 0 saturated carbocycles. The number of nitrogens with one attached hydrogen (secondary N) is 1. The summed E-state index contributed by atoms with van der Waals surface area (Å²) in [6.45, 7) is 0.961. The molecule has 1 amide bonds. The second-order valence-corrected chi connectivity index (χ2v) is 13.2. The quantitative estimate of drug-likeness (QED) is 0.0403. The van der Waals surface area contributed by atoms with Crippen molar-refractivity contribution in [2.24, 2.45) is 0 Å². The number of rotatable bonds is 26. The number of alkyl halides is 17. The molecule has 300 valence electrons. The van der Waals surface area contributed by atoms with Gasteiger partial charge in [-0.15, -0.1) is 0 Å². The van der Waals surface area contributed by atoms with E-state index in [2.05, 4.69) is 6.92 Å². The highest BCUT2D eigenvalue weighted by atomic mass is 19.4. The Morgan fingerprint density at radius 2 is 0.720 bits per heavy atom. The van der Waals surface area contributed by atoms with Gasteiger partial charge >= 0.3 is 47.8 Å². The Bertz CT molecular complexity index is 1010. The van der Waals surface area contributed by atoms with Gasteiger partial charge in [-0.1, -0.05) is 96.8 Å². The van der Waals surface area contributed by atoms with Crippen molar-refractivity contribution in [1.82, 2.24) is 5.32 Å². The number of likely N-dealkylation sites (N-methyl/N-ethyl adjacent to an activating group) is 1. The monoisotopic (exact) mass is 773 g/mol. The lowest BCUT2D eigenvalue weighted by molar-refractivity contribution is -0.882. The van der Waals surface area contributed by atoms with Gasteiger partial charge in [0.15, 0.2) is 6.54 Å². The summed E-state index contributed by atoms with van der Waals surface area (Å²) in [7, 11) is 2.38. The minimum Gasteiger partial charge on any atom is -0.321 e. The molecule has 0 fully saturated rings. The molecule has 3 nitrogen and oxygen atoms in total. The first-order valence-corrected chi connectivity index (χ1v) is 16.3. The van der Waals surface area contributed by atoms with E-state index in [9.17, 15) is 79.4 Å². The van der Waals surface area contributed by atoms with Crippen LogP contribution in [0.5, 0.6) is 0 Å². The smallest absolute Gasteiger partial charge is 0.321 e. The fraction of sp³-hybridized carbons (Fsp3) is 0.967. The van der Waals surface area contributed by atoms with Gasteiger partial charge in [0, 0.05) is 0 Å². The normalized spacial score (nSPS) is 14.7. The number of quaternary nitrogens is 1. The second-order valence-electron chi connectivity index (χ2n) is 13.2. The molecule has 0 unspecified atom stereocenters. The van der Waals surface area contributed by atoms with Crippen molar-refractivity contribution in [3.63, 3.8) is 0 Å². The van der Waals surface area contributed by atoms with E-state index in [0.29, 0.717) is 12.8 Å². The molecule has 0 heterocycles. The topological polar surface area (TPSA) is 29.1 Å². The number of carbonyl (C=O) groups is 1. The predicted molar refractivity (Wildman–Crippen MR) is 150 cm³/mol. The minimum absolute atomic E-state index is 0.0107. The zero-order chi connectivity index (χ0) is 39.5. The van der Waals surface area contributed by atoms with Gasteiger partial charge in [-0.25, -0.2) is 0 Å². The molecule has 0 aromatic carbocycles. The van der Waals surface area contributed by atoms with Crippen molar-refractivity contribution in [2.45, 2.75) is 157 Å². The highest BCUT2D eigenvalue weighted by Gasteiger charge is 2.95. The molecule has 1 N–H and O–H groups in total. The zero-order valence-corrected chi connectivity index (χ0v) is 28.0. The summed E-state index contributed by atoms with van der Waals surface area (Å²) >= 11 is 0. The fourth-order valence-corrected chi connectivity index (χ4v) is 5.01. The second kappa shape index (κ2) is 18.3. The van der Waals surface area contributed by atoms with E-state index >= 15 is 0 Å². The Morgan fingerprint density at radius 1 is 0.440 bits per heavy atom. The van der Waals surface area contributed by atoms with E-state index in [1.165, 1.54) is 59.0 Å². The van der Waals surface area contributed by atoms with Crippen molar-refractivity contribution in [3.05, 3.63) is 0 Å². The molecule has 0 aromatic rings. The molecule has 0 spiro atoms. The molecule has 0 radical (unpaired) electrons. The number of amides is 1. The van der Waals surface area contributed by atoms with Crippen molar-refractivity contribution in [3.8, 4) is 0 Å². The lowest BCUT2D eigenvalue weighted by Gasteiger charge is -2.42. The minimum atomic E-state index is -8.71. The third-order valence-electron chi connectivity index (χ3n) is 8.21. The van der Waals surface area contributed by atoms with E-state index in [1.54, 1.807) is 0 Å². The van der Waals surface area contributed by atoms with E-state index < -0.39 is 64.7 Å². The maximum absolute atomic E-state index is 14.1. The Balaban J connectivity index is 5.04. The predicted octanol–water partition coefficient (Wildman–Crippen LogP) is 11.4. The first-order valence-electron chi connectivity index (χ1n) is 16.3. The Labute approximate surface area is 280 Å². The SMILES string of the molecule is CCCCCCCCCCCCCCCCCC[N+](C)(C)CC(=O)NC(F)(F)C(F)(F)C(F)(F)C(F)(F)C(F)(F)C(F)(F)C(F)(F)C(F)(F)F. The average molecular weight is 774 g/mol. The maximum atomic E-state index is 14.1. The van der Waals surface area contributed by atoms with Gasteiger partial charge in [-0.05, 0) is 12.8 Å². The van der Waals surface area contributed by atoms with Crippen LogP contribution in [0.4, 0.5) is 74.6 Å². The Kier molecular flexibility index (Phi) is 17.7. The number of hydrogen-bond acceptors (Lipinski definition) is 1. The molecule has 0 bridgehead atoms. The van der Waals surface area contributed by atoms with Crippen LogP contribution in [0.3, 0.4) is 0 Å². The van der Waals surface area contributed by atoms with Gasteiger partial charge < -0.3 is 4.48 Å². The van der Waals surface area contributed by atoms with Gasteiger partial charge in [0.25, 0.3) is 5.91 Å². The molecular formula is C30H46F17N2O+. The van der Waals surface area contributed by atoms with Crippen LogP contribution in [0.15, 0.2) is 0 Å². The van der Waals surface area contributed by atoms with E-state index in [4.69, 9.17) is 0 Å². The summed E-state index contributed by atoms with van der Waals surface area (Å²) in [5, 5.41) is -0.0799. The molecule has 0 aliphatic rings. The first kappa shape index (κ1) is 48.2. The Hall–Kier alpha value is -1.76. The largest absolute Gasteiger partial charge is 0.460 e. The van der Waals surface area contributed by atoms with Crippen LogP contribution in [-0.4, -0.2) is 85.3 Å². The lowest BCUT2D eigenvalue weighted by atomic mass is 9.90. The fourth-order valence-electron chi connectivity index (χ4n) is 5.01. The number of unbranched alkanes of at least 4 members (excludes halogenated alkanes) is 15. The highest BCUT2D eigenvalue weighted by molar-refractivity contribution is 5.77. The molecule has 0 saturated heterocycles. The summed E-state index contributed by atoms with van der Waals surface area (Å²) in [4.78, 5) is 12.0. The van der Waals surface area contributed by atoms with Crippen LogP contribution in [0.25, 0.3) is 0 Å². The molecule has 50 heavy (non-hydrogen) atoms. The summed E-state index contributed by atoms with van der Waals surface area (Å²) in [6, 6.07) is -6.94. The molecular weight excluding hydrogens is 727 g/mol. The zero-order valence-electron chi connectivity index (χ0n) is 28.0. The van der Waals surface area contributed by atoms with Crippen LogP contribution in [0.2, 0.25) is 0 Å². The van der Waals surface area contributed by atoms with Crippen LogP contribution in [0.1, 0.15) is 110 Å². The highest BCUT2D eigenvalue weighted by Crippen LogP contribution is 2.63. The van der Waals surface area contributed by atoms with Crippen molar-refractivity contribution < 1.29 is 83.9 Å². The third kappa shape index (κ3) is 11.6. The lowest BCUT2D eigenvalue weighted by Crippen LogP contribution is -2.76. The summed E-state index contributed by atoms with van der Waals surface area (Å²) in [6.07, 6.45) is 8.64. The maximum Gasteiger partial charge on any atom is 0.460 e. The van der Waals surface area contributed by atoms with Crippen LogP contribution >= 0.6 is 0 Å². The number of halogens is 17. The van der Waals surface area contributed by atoms with E-state index in [-0.39, 0.29) is 11.9 Å². The summed E-state index contributed by atoms with van der Waals surface area (Å²) in [5.41, 5.74) is 0. The standard InChI is InChI=1S/C30H45F17N2O/c1-4-5-6-7-8-9-10-11-12-13-14-15-16-17-18-19-20-49(2,3)21-22(50)48-30(46,47)28(41,42)26(37,38)24(33,34)23(31,32)25(35,36)27(39,40)29(43,44)45/h4-21H2,1-3H3/p+1. The molecule has 0 aromatic heterocycles. The van der Waals surface area contributed by atoms with Crippen LogP contribution in [-0.2, 0) is 4.79 Å². The third-order valence-corrected chi connectivity index (χ3v) is 8.21. The Morgan fingerprint density at radius 3 is 1.04 bits per heavy atom. The molecule has 0 aliphatic carbocycles. The van der Waals surface area contributed by atoms with Crippen LogP contribution < -0.4 is 5.32 Å². The molecule has 20 heteroatoms. The number of hydrogen-bond donors (Lipinski definition) is 1. The van der Waals surface area contributed by atoms with Crippen LogP contribution in [0, 0.1) is 0 Å². The van der Waals surface area contributed by atoms with Crippen molar-refractivity contribution >= 4 is 5.91 Å². The van der Waals surface area contributed by atoms with Gasteiger partial charge in [-0.3, -0.25) is 10.1 Å². The van der Waals surface area contributed by atoms with E-state index in [0.717, 1.165) is 44.9 Å². The van der Waals surface area contributed by atoms with Gasteiger partial charge in [-0.2, -0.15) is 74.6 Å². The van der Waals surface area contributed by atoms with Gasteiger partial charge in [0.1, 0.15) is 0 Å². The van der Waals surface area contributed by atoms with Crippen molar-refractivity contribution in [1.29, 1.82) is 0 Å². The molecule has 0 rings (SSSR count). The number of nitrogens with zero attached hydrogens (tertiary/aromatic N) is 1. The molecule has 0 atom stereocenters. The first-order chi connectivity index (χ1) is 22.4. The number of carbonyl (C=O) groups excluding carboxylic acids is 1. The van der Waals surface area contributed by atoms with Crippen molar-refractivity contribution in [2.75, 3.05) is 27.2 Å². The summed E-state index contributed by atoms with van der Waals surface area (Å²) < 4.78 is 228. The van der Waals surface area contributed by atoms with Gasteiger partial charge in [0.2, 0.25) is 0 Å². The molecule has 0 aliphatic heterocycles. The summed E-state index contributed by atoms with van der Waals surface area (Å²) in [5.74, 6) is -52.8.